The van der Waals surface area contributed by atoms with Crippen molar-refractivity contribution in [2.75, 3.05) is 12.4 Å². The van der Waals surface area contributed by atoms with Crippen LogP contribution in [0.3, 0.4) is 0 Å². The molecule has 2 aromatic rings. The number of halogens is 1. The Morgan fingerprint density at radius 3 is 2.74 bits per heavy atom. The molecule has 0 spiro atoms. The number of nitrogens with zero attached hydrogens (tertiary/aromatic N) is 2. The Kier molecular flexibility index (Phi) is 4.24. The Balaban J connectivity index is 2.37. The number of rotatable bonds is 4. The lowest BCUT2D eigenvalue weighted by atomic mass is 10.4. The van der Waals surface area contributed by atoms with Crippen molar-refractivity contribution in [2.45, 2.75) is 9.92 Å². The van der Waals surface area contributed by atoms with Crippen molar-refractivity contribution in [3.63, 3.8) is 0 Å². The molecular formula is C12H10ClN3O2S. The topological polar surface area (TPSA) is 68.1 Å². The summed E-state index contributed by atoms with van der Waals surface area (Å²) in [6.45, 7) is 0. The maximum Gasteiger partial charge on any atom is 0.275 e. The molecule has 0 saturated carbocycles. The summed E-state index contributed by atoms with van der Waals surface area (Å²) < 4.78 is 0. The van der Waals surface area contributed by atoms with E-state index in [1.54, 1.807) is 13.1 Å². The summed E-state index contributed by atoms with van der Waals surface area (Å²) >= 11 is 7.34. The number of hydrogen-bond acceptors (Lipinski definition) is 5. The largest absolute Gasteiger partial charge is 0.373 e. The van der Waals surface area contributed by atoms with Gasteiger partial charge in [0.25, 0.3) is 5.69 Å². The lowest BCUT2D eigenvalue weighted by molar-refractivity contribution is -0.385. The highest BCUT2D eigenvalue weighted by Gasteiger charge is 2.12. The van der Waals surface area contributed by atoms with Crippen molar-refractivity contribution < 1.29 is 4.92 Å². The van der Waals surface area contributed by atoms with Crippen LogP contribution in [0.4, 0.5) is 11.5 Å². The SMILES string of the molecule is CNc1cc([N+](=O)[O-])cc(Sc2ccccc2Cl)n1. The first kappa shape index (κ1) is 13.6. The minimum Gasteiger partial charge on any atom is -0.373 e. The van der Waals surface area contributed by atoms with E-state index < -0.39 is 4.92 Å². The fourth-order valence-electron chi connectivity index (χ4n) is 1.42. The number of benzene rings is 1. The van der Waals surface area contributed by atoms with Crippen molar-refractivity contribution in [3.05, 3.63) is 51.5 Å². The molecule has 0 aliphatic rings. The highest BCUT2D eigenvalue weighted by Crippen LogP contribution is 2.34. The first-order valence-corrected chi connectivity index (χ1v) is 6.56. The van der Waals surface area contributed by atoms with E-state index in [-0.39, 0.29) is 5.69 Å². The first-order chi connectivity index (χ1) is 9.10. The zero-order valence-corrected chi connectivity index (χ0v) is 11.5. The van der Waals surface area contributed by atoms with Crippen LogP contribution in [0.5, 0.6) is 0 Å². The number of nitro groups is 1. The second-order valence-electron chi connectivity index (χ2n) is 3.59. The summed E-state index contributed by atoms with van der Waals surface area (Å²) in [7, 11) is 1.66. The Labute approximate surface area is 119 Å². The summed E-state index contributed by atoms with van der Waals surface area (Å²) in [6, 6.07) is 10.1. The highest BCUT2D eigenvalue weighted by atomic mass is 35.5. The molecule has 19 heavy (non-hydrogen) atoms. The smallest absolute Gasteiger partial charge is 0.275 e. The van der Waals surface area contributed by atoms with Gasteiger partial charge in [-0.15, -0.1) is 0 Å². The second-order valence-corrected chi connectivity index (χ2v) is 5.06. The molecular weight excluding hydrogens is 286 g/mol. The molecule has 5 nitrogen and oxygen atoms in total. The molecule has 0 unspecified atom stereocenters. The second kappa shape index (κ2) is 5.90. The molecule has 0 bridgehead atoms. The maximum atomic E-state index is 10.9. The number of hydrogen-bond donors (Lipinski definition) is 1. The van der Waals surface area contributed by atoms with Gasteiger partial charge >= 0.3 is 0 Å². The Morgan fingerprint density at radius 1 is 1.37 bits per heavy atom. The summed E-state index contributed by atoms with van der Waals surface area (Å²) in [6.07, 6.45) is 0. The van der Waals surface area contributed by atoms with Gasteiger partial charge in [0, 0.05) is 18.0 Å². The molecule has 98 valence electrons. The summed E-state index contributed by atoms with van der Waals surface area (Å²) in [5, 5.41) is 14.8. The Hall–Kier alpha value is -1.79. The molecule has 1 heterocycles. The van der Waals surface area contributed by atoms with E-state index in [0.717, 1.165) is 4.90 Å². The van der Waals surface area contributed by atoms with Gasteiger partial charge in [0.15, 0.2) is 0 Å². The van der Waals surface area contributed by atoms with Crippen LogP contribution in [0.15, 0.2) is 46.3 Å². The average Bonchev–Trinajstić information content (AvgIpc) is 2.41. The van der Waals surface area contributed by atoms with Gasteiger partial charge in [-0.25, -0.2) is 4.98 Å². The van der Waals surface area contributed by atoms with E-state index in [0.29, 0.717) is 15.9 Å². The van der Waals surface area contributed by atoms with Crippen LogP contribution in [0, 0.1) is 10.1 Å². The predicted octanol–water partition coefficient (Wildman–Crippen LogP) is 3.84. The molecule has 1 aromatic carbocycles. The standard InChI is InChI=1S/C12H10ClN3O2S/c1-14-11-6-8(16(17)18)7-12(15-11)19-10-5-3-2-4-9(10)13/h2-7H,1H3,(H,14,15). The predicted molar refractivity (Wildman–Crippen MR) is 76.0 cm³/mol. The third kappa shape index (κ3) is 3.36. The molecule has 7 heteroatoms. The van der Waals surface area contributed by atoms with Gasteiger partial charge in [-0.3, -0.25) is 10.1 Å². The van der Waals surface area contributed by atoms with Gasteiger partial charge < -0.3 is 5.32 Å². The van der Waals surface area contributed by atoms with Crippen molar-refractivity contribution in [1.29, 1.82) is 0 Å². The first-order valence-electron chi connectivity index (χ1n) is 5.37. The Morgan fingerprint density at radius 2 is 2.11 bits per heavy atom. The van der Waals surface area contributed by atoms with Crippen LogP contribution in [0.1, 0.15) is 0 Å². The quantitative estimate of drug-likeness (QED) is 0.685. The van der Waals surface area contributed by atoms with Crippen LogP contribution < -0.4 is 5.32 Å². The highest BCUT2D eigenvalue weighted by molar-refractivity contribution is 7.99. The zero-order valence-electron chi connectivity index (χ0n) is 9.96. The minimum atomic E-state index is -0.445. The average molecular weight is 296 g/mol. The van der Waals surface area contributed by atoms with Crippen LogP contribution in [-0.4, -0.2) is 17.0 Å². The maximum absolute atomic E-state index is 10.9. The summed E-state index contributed by atoms with van der Waals surface area (Å²) in [4.78, 5) is 15.5. The number of pyridine rings is 1. The molecule has 0 radical (unpaired) electrons. The van der Waals surface area contributed by atoms with Crippen LogP contribution in [-0.2, 0) is 0 Å². The van der Waals surface area contributed by atoms with Crippen molar-refractivity contribution in [2.24, 2.45) is 0 Å². The van der Waals surface area contributed by atoms with Crippen molar-refractivity contribution in [1.82, 2.24) is 4.98 Å². The molecule has 1 N–H and O–H groups in total. The van der Waals surface area contributed by atoms with E-state index in [1.165, 1.54) is 23.9 Å². The van der Waals surface area contributed by atoms with Gasteiger partial charge in [-0.1, -0.05) is 35.5 Å². The van der Waals surface area contributed by atoms with Gasteiger partial charge in [-0.2, -0.15) is 0 Å². The normalized spacial score (nSPS) is 10.2. The molecule has 1 aromatic heterocycles. The fraction of sp³-hybridized carbons (Fsp3) is 0.0833. The molecule has 0 atom stereocenters. The van der Waals surface area contributed by atoms with Crippen LogP contribution in [0.2, 0.25) is 5.02 Å². The lowest BCUT2D eigenvalue weighted by Gasteiger charge is -2.05. The van der Waals surface area contributed by atoms with Crippen molar-refractivity contribution in [3.8, 4) is 0 Å². The zero-order chi connectivity index (χ0) is 13.8. The van der Waals surface area contributed by atoms with Crippen LogP contribution in [0.25, 0.3) is 0 Å². The lowest BCUT2D eigenvalue weighted by Crippen LogP contribution is -1.96. The van der Waals surface area contributed by atoms with E-state index in [4.69, 9.17) is 11.6 Å². The molecule has 2 rings (SSSR count). The monoisotopic (exact) mass is 295 g/mol. The number of nitrogens with one attached hydrogen (secondary N) is 1. The van der Waals surface area contributed by atoms with E-state index in [1.807, 2.05) is 18.2 Å². The van der Waals surface area contributed by atoms with E-state index >= 15 is 0 Å². The molecule has 0 amide bonds. The van der Waals surface area contributed by atoms with E-state index in [2.05, 4.69) is 10.3 Å². The third-order valence-corrected chi connectivity index (χ3v) is 3.74. The van der Waals surface area contributed by atoms with Gasteiger partial charge in [0.1, 0.15) is 10.8 Å². The number of aromatic nitrogens is 1. The molecule has 0 aliphatic heterocycles. The fourth-order valence-corrected chi connectivity index (χ4v) is 2.53. The van der Waals surface area contributed by atoms with Gasteiger partial charge in [-0.05, 0) is 12.1 Å². The summed E-state index contributed by atoms with van der Waals surface area (Å²) in [5.41, 5.74) is -0.00564. The van der Waals surface area contributed by atoms with Gasteiger partial charge in [0.05, 0.1) is 16.0 Å². The Bertz CT molecular complexity index is 622. The number of anilines is 1. The molecule has 0 aliphatic carbocycles. The third-order valence-electron chi connectivity index (χ3n) is 2.30. The molecule has 0 saturated heterocycles. The molecule has 0 fully saturated rings. The van der Waals surface area contributed by atoms with Crippen molar-refractivity contribution >= 4 is 34.9 Å². The van der Waals surface area contributed by atoms with E-state index in [9.17, 15) is 10.1 Å². The van der Waals surface area contributed by atoms with Crippen LogP contribution >= 0.6 is 23.4 Å². The summed E-state index contributed by atoms with van der Waals surface area (Å²) in [5.74, 6) is 0.448. The van der Waals surface area contributed by atoms with Gasteiger partial charge in [0.2, 0.25) is 0 Å². The minimum absolute atomic E-state index is 0.00564.